The van der Waals surface area contributed by atoms with Crippen LogP contribution >= 0.6 is 35.0 Å². The first kappa shape index (κ1) is 12.2. The number of benzene rings is 1. The van der Waals surface area contributed by atoms with Crippen molar-refractivity contribution in [2.75, 3.05) is 0 Å². The van der Waals surface area contributed by atoms with Gasteiger partial charge in [0.25, 0.3) is 0 Å². The second-order valence-corrected chi connectivity index (χ2v) is 3.94. The monoisotopic (exact) mass is 297 g/mol. The van der Waals surface area contributed by atoms with Crippen molar-refractivity contribution in [3.8, 4) is 0 Å². The van der Waals surface area contributed by atoms with Gasteiger partial charge in [-0.3, -0.25) is 0 Å². The van der Waals surface area contributed by atoms with E-state index in [9.17, 15) is 0 Å². The molecule has 1 unspecified atom stereocenters. The second-order valence-electron chi connectivity index (χ2n) is 2.77. The van der Waals surface area contributed by atoms with Gasteiger partial charge in [0, 0.05) is 9.61 Å². The summed E-state index contributed by atoms with van der Waals surface area (Å²) in [5.74, 6) is 0. The molecule has 0 bridgehead atoms. The first-order valence-electron chi connectivity index (χ1n) is 3.69. The fraction of sp³-hybridized carbons (Fsp3) is 0.333. The number of nitrogens with two attached hydrogens (primary N) is 1. The van der Waals surface area contributed by atoms with Crippen molar-refractivity contribution >= 4 is 35.0 Å². The molecule has 3 heteroatoms. The molecule has 0 aliphatic rings. The highest BCUT2D eigenvalue weighted by molar-refractivity contribution is 14.1. The maximum Gasteiger partial charge on any atom is 0.0162 e. The van der Waals surface area contributed by atoms with Gasteiger partial charge >= 0.3 is 0 Å². The van der Waals surface area contributed by atoms with Crippen molar-refractivity contribution in [2.24, 2.45) is 5.73 Å². The zero-order valence-electron chi connectivity index (χ0n) is 6.96. The summed E-state index contributed by atoms with van der Waals surface area (Å²) in [6.45, 7) is 2.03. The van der Waals surface area contributed by atoms with E-state index in [1.807, 2.05) is 13.0 Å². The van der Waals surface area contributed by atoms with Crippen molar-refractivity contribution in [3.05, 3.63) is 33.4 Å². The predicted molar refractivity (Wildman–Crippen MR) is 63.8 cm³/mol. The first-order valence-corrected chi connectivity index (χ1v) is 4.77. The summed E-state index contributed by atoms with van der Waals surface area (Å²) in [5.41, 5.74) is 7.04. The molecule has 0 heterocycles. The van der Waals surface area contributed by atoms with Crippen LogP contribution < -0.4 is 5.73 Å². The largest absolute Gasteiger partial charge is 0.328 e. The van der Waals surface area contributed by atoms with Gasteiger partial charge in [0.05, 0.1) is 0 Å². The first-order chi connectivity index (χ1) is 5.20. The molecule has 12 heavy (non-hydrogen) atoms. The Hall–Kier alpha value is 0.200. The van der Waals surface area contributed by atoms with E-state index >= 15 is 0 Å². The van der Waals surface area contributed by atoms with Gasteiger partial charge in [-0.1, -0.05) is 18.2 Å². The second kappa shape index (κ2) is 5.78. The number of hydrogen-bond acceptors (Lipinski definition) is 1. The molecular weight excluding hydrogens is 284 g/mol. The number of hydrogen-bond donors (Lipinski definition) is 1. The lowest BCUT2D eigenvalue weighted by molar-refractivity contribution is 0.736. The molecule has 1 nitrogen and oxygen atoms in total. The molecule has 1 atom stereocenters. The van der Waals surface area contributed by atoms with Gasteiger partial charge in [-0.25, -0.2) is 0 Å². The Bertz CT molecular complexity index is 238. The Balaban J connectivity index is 0.00000121. The van der Waals surface area contributed by atoms with Gasteiger partial charge in [0.15, 0.2) is 0 Å². The van der Waals surface area contributed by atoms with Gasteiger partial charge in [-0.2, -0.15) is 0 Å². The average molecular weight is 298 g/mol. The highest BCUT2D eigenvalue weighted by atomic mass is 127. The van der Waals surface area contributed by atoms with Crippen molar-refractivity contribution in [1.82, 2.24) is 0 Å². The van der Waals surface area contributed by atoms with Crippen LogP contribution in [0.1, 0.15) is 12.5 Å². The number of halogens is 2. The van der Waals surface area contributed by atoms with Crippen molar-refractivity contribution in [1.29, 1.82) is 0 Å². The zero-order chi connectivity index (χ0) is 8.27. The van der Waals surface area contributed by atoms with Gasteiger partial charge in [0.2, 0.25) is 0 Å². The van der Waals surface area contributed by atoms with Gasteiger partial charge in [-0.15, -0.1) is 12.4 Å². The van der Waals surface area contributed by atoms with E-state index in [1.165, 1.54) is 9.13 Å². The molecule has 0 saturated heterocycles. The van der Waals surface area contributed by atoms with Gasteiger partial charge < -0.3 is 5.73 Å². The molecule has 68 valence electrons. The molecule has 0 saturated carbocycles. The molecule has 1 aromatic rings. The van der Waals surface area contributed by atoms with E-state index in [4.69, 9.17) is 5.73 Å². The molecule has 1 rings (SSSR count). The fourth-order valence-corrected chi connectivity index (χ4v) is 1.62. The van der Waals surface area contributed by atoms with E-state index in [0.29, 0.717) is 0 Å². The third-order valence-electron chi connectivity index (χ3n) is 1.50. The van der Waals surface area contributed by atoms with Crippen LogP contribution in [0.4, 0.5) is 0 Å². The van der Waals surface area contributed by atoms with E-state index in [2.05, 4.69) is 40.8 Å². The molecule has 0 aliphatic heterocycles. The summed E-state index contributed by atoms with van der Waals surface area (Å²) < 4.78 is 1.31. The lowest BCUT2D eigenvalue weighted by Gasteiger charge is -2.06. The molecule has 2 N–H and O–H groups in total. The smallest absolute Gasteiger partial charge is 0.0162 e. The van der Waals surface area contributed by atoms with Crippen LogP contribution in [0.5, 0.6) is 0 Å². The summed E-state index contributed by atoms with van der Waals surface area (Å²) in [6.07, 6.45) is 0.971. The van der Waals surface area contributed by atoms with Crippen LogP contribution in [0.25, 0.3) is 0 Å². The summed E-state index contributed by atoms with van der Waals surface area (Å²) in [7, 11) is 0. The van der Waals surface area contributed by atoms with Crippen molar-refractivity contribution < 1.29 is 0 Å². The van der Waals surface area contributed by atoms with Gasteiger partial charge in [-0.05, 0) is 47.6 Å². The SMILES string of the molecule is CC(N)Cc1ccccc1I.Cl. The molecule has 0 amide bonds. The topological polar surface area (TPSA) is 26.0 Å². The molecule has 0 fully saturated rings. The minimum Gasteiger partial charge on any atom is -0.328 e. The Morgan fingerprint density at radius 1 is 1.42 bits per heavy atom. The van der Waals surface area contributed by atoms with E-state index in [0.717, 1.165) is 6.42 Å². The van der Waals surface area contributed by atoms with Crippen LogP contribution in [-0.4, -0.2) is 6.04 Å². The van der Waals surface area contributed by atoms with E-state index in [1.54, 1.807) is 0 Å². The summed E-state index contributed by atoms with van der Waals surface area (Å²) in [5, 5.41) is 0. The Labute approximate surface area is 93.3 Å². The van der Waals surface area contributed by atoms with Crippen LogP contribution in [0.3, 0.4) is 0 Å². The molecule has 0 aliphatic carbocycles. The molecule has 0 aromatic heterocycles. The zero-order valence-corrected chi connectivity index (χ0v) is 9.93. The van der Waals surface area contributed by atoms with Crippen LogP contribution in [0.2, 0.25) is 0 Å². The van der Waals surface area contributed by atoms with Crippen LogP contribution in [-0.2, 0) is 6.42 Å². The third kappa shape index (κ3) is 3.74. The fourth-order valence-electron chi connectivity index (χ4n) is 1.01. The normalized spacial score (nSPS) is 11.9. The summed E-state index contributed by atoms with van der Waals surface area (Å²) in [4.78, 5) is 0. The molecular formula is C9H13ClIN. The third-order valence-corrected chi connectivity index (χ3v) is 2.55. The molecule has 1 aromatic carbocycles. The highest BCUT2D eigenvalue weighted by Crippen LogP contribution is 2.12. The highest BCUT2D eigenvalue weighted by Gasteiger charge is 2.00. The minimum absolute atomic E-state index is 0. The van der Waals surface area contributed by atoms with Gasteiger partial charge in [0.1, 0.15) is 0 Å². The Kier molecular flexibility index (Phi) is 5.88. The molecule has 0 spiro atoms. The maximum absolute atomic E-state index is 5.69. The lowest BCUT2D eigenvalue weighted by atomic mass is 10.1. The van der Waals surface area contributed by atoms with Crippen LogP contribution in [0, 0.1) is 3.57 Å². The van der Waals surface area contributed by atoms with Crippen LogP contribution in [0.15, 0.2) is 24.3 Å². The molecule has 0 radical (unpaired) electrons. The summed E-state index contributed by atoms with van der Waals surface area (Å²) >= 11 is 2.34. The van der Waals surface area contributed by atoms with E-state index in [-0.39, 0.29) is 18.4 Å². The van der Waals surface area contributed by atoms with Crippen molar-refractivity contribution in [2.45, 2.75) is 19.4 Å². The maximum atomic E-state index is 5.69. The Morgan fingerprint density at radius 3 is 2.50 bits per heavy atom. The predicted octanol–water partition coefficient (Wildman–Crippen LogP) is 2.60. The number of rotatable bonds is 2. The van der Waals surface area contributed by atoms with E-state index < -0.39 is 0 Å². The quantitative estimate of drug-likeness (QED) is 0.834. The van der Waals surface area contributed by atoms with Crippen molar-refractivity contribution in [3.63, 3.8) is 0 Å². The lowest BCUT2D eigenvalue weighted by Crippen LogP contribution is -2.18. The summed E-state index contributed by atoms with van der Waals surface area (Å²) in [6, 6.07) is 8.60. The average Bonchev–Trinajstić information content (AvgIpc) is 1.93. The standard InChI is InChI=1S/C9H12IN.ClH/c1-7(11)6-8-4-2-3-5-9(8)10;/h2-5,7H,6,11H2,1H3;1H. The Morgan fingerprint density at radius 2 is 2.00 bits per heavy atom. The minimum atomic E-state index is 0.